The van der Waals surface area contributed by atoms with E-state index in [0.29, 0.717) is 6.54 Å². The van der Waals surface area contributed by atoms with Crippen LogP contribution in [0.3, 0.4) is 0 Å². The van der Waals surface area contributed by atoms with E-state index >= 15 is 0 Å². The average molecular weight is 340 g/mol. The molecule has 1 atom stereocenters. The van der Waals surface area contributed by atoms with E-state index in [1.165, 1.54) is 22.8 Å². The quantitative estimate of drug-likeness (QED) is 0.751. The highest BCUT2D eigenvalue weighted by Crippen LogP contribution is 2.34. The van der Waals surface area contributed by atoms with Crippen molar-refractivity contribution in [1.82, 2.24) is 19.5 Å². The molecule has 1 aromatic heterocycles. The molecule has 0 aromatic carbocycles. The number of carbonyl (C=O) groups excluding carboxylic acids is 1. The van der Waals surface area contributed by atoms with Gasteiger partial charge in [0.1, 0.15) is 16.5 Å². The van der Waals surface area contributed by atoms with Crippen molar-refractivity contribution in [3.63, 3.8) is 0 Å². The van der Waals surface area contributed by atoms with Crippen LogP contribution >= 0.6 is 0 Å². The van der Waals surface area contributed by atoms with E-state index in [4.69, 9.17) is 4.74 Å². The molecule has 8 nitrogen and oxygen atoms in total. The number of likely N-dealkylation sites (N-methyl/N-ethyl adjacent to an activating group) is 2. The van der Waals surface area contributed by atoms with E-state index in [0.717, 1.165) is 0 Å². The summed E-state index contributed by atoms with van der Waals surface area (Å²) in [5.41, 5.74) is -0.533. The molecule has 23 heavy (non-hydrogen) atoms. The van der Waals surface area contributed by atoms with Gasteiger partial charge in [0.25, 0.3) is 0 Å². The zero-order valence-electron chi connectivity index (χ0n) is 13.1. The first-order valence-electron chi connectivity index (χ1n) is 7.34. The molecule has 1 spiro atoms. The fourth-order valence-corrected chi connectivity index (χ4v) is 4.60. The molecule has 0 unspecified atom stereocenters. The van der Waals surface area contributed by atoms with Gasteiger partial charge in [0.2, 0.25) is 15.9 Å². The minimum absolute atomic E-state index is 0.0958. The smallest absolute Gasteiger partial charge is 0.244 e. The van der Waals surface area contributed by atoms with E-state index < -0.39 is 15.6 Å². The second-order valence-electron chi connectivity index (χ2n) is 6.00. The number of sulfonamides is 1. The summed E-state index contributed by atoms with van der Waals surface area (Å²) in [4.78, 5) is 17.7. The SMILES string of the molecule is CNC(=O)[C@@H]1COC2(CN1C)CN(S(=O)(=O)c1cccnc1)C2. The number of nitrogens with one attached hydrogen (secondary N) is 1. The molecule has 0 radical (unpaired) electrons. The first-order valence-corrected chi connectivity index (χ1v) is 8.78. The van der Waals surface area contributed by atoms with Crippen molar-refractivity contribution in [2.24, 2.45) is 0 Å². The van der Waals surface area contributed by atoms with Gasteiger partial charge >= 0.3 is 0 Å². The van der Waals surface area contributed by atoms with Crippen LogP contribution in [-0.2, 0) is 19.6 Å². The monoisotopic (exact) mass is 340 g/mol. The Morgan fingerprint density at radius 3 is 2.74 bits per heavy atom. The highest BCUT2D eigenvalue weighted by Gasteiger charge is 2.53. The van der Waals surface area contributed by atoms with Crippen LogP contribution in [0.4, 0.5) is 0 Å². The summed E-state index contributed by atoms with van der Waals surface area (Å²) < 4.78 is 32.2. The predicted octanol–water partition coefficient (Wildman–Crippen LogP) is -1.10. The van der Waals surface area contributed by atoms with Crippen molar-refractivity contribution >= 4 is 15.9 Å². The lowest BCUT2D eigenvalue weighted by molar-refractivity contribution is -0.180. The van der Waals surface area contributed by atoms with Crippen LogP contribution < -0.4 is 5.32 Å². The first-order chi connectivity index (χ1) is 10.9. The molecule has 0 bridgehead atoms. The molecule has 0 aliphatic carbocycles. The molecule has 126 valence electrons. The van der Waals surface area contributed by atoms with Crippen LogP contribution in [0.5, 0.6) is 0 Å². The van der Waals surface area contributed by atoms with Gasteiger partial charge in [-0.05, 0) is 19.2 Å². The molecule has 0 saturated carbocycles. The van der Waals surface area contributed by atoms with E-state index in [1.807, 2.05) is 11.9 Å². The lowest BCUT2D eigenvalue weighted by Crippen LogP contribution is -2.72. The van der Waals surface area contributed by atoms with Gasteiger partial charge in [-0.2, -0.15) is 4.31 Å². The summed E-state index contributed by atoms with van der Waals surface area (Å²) in [6.07, 6.45) is 2.88. The van der Waals surface area contributed by atoms with Gasteiger partial charge in [0, 0.05) is 39.1 Å². The number of hydrogen-bond acceptors (Lipinski definition) is 6. The third kappa shape index (κ3) is 2.85. The maximum Gasteiger partial charge on any atom is 0.244 e. The Morgan fingerprint density at radius 1 is 1.43 bits per heavy atom. The molecule has 2 aliphatic heterocycles. The Bertz CT molecular complexity index is 688. The molecule has 2 saturated heterocycles. The summed E-state index contributed by atoms with van der Waals surface area (Å²) >= 11 is 0. The number of hydrogen-bond donors (Lipinski definition) is 1. The number of amides is 1. The molecule has 9 heteroatoms. The minimum Gasteiger partial charge on any atom is -0.369 e. The Labute approximate surface area is 135 Å². The van der Waals surface area contributed by atoms with Crippen LogP contribution in [0.2, 0.25) is 0 Å². The van der Waals surface area contributed by atoms with Crippen LogP contribution in [-0.4, -0.2) is 80.5 Å². The van der Waals surface area contributed by atoms with Crippen molar-refractivity contribution < 1.29 is 17.9 Å². The maximum atomic E-state index is 12.5. The van der Waals surface area contributed by atoms with Crippen LogP contribution in [0.25, 0.3) is 0 Å². The molecule has 1 aromatic rings. The van der Waals surface area contributed by atoms with Gasteiger partial charge in [-0.15, -0.1) is 0 Å². The molecule has 1 N–H and O–H groups in total. The van der Waals surface area contributed by atoms with Gasteiger partial charge in [-0.25, -0.2) is 8.42 Å². The Hall–Kier alpha value is -1.55. The van der Waals surface area contributed by atoms with Crippen molar-refractivity contribution in [2.75, 3.05) is 40.3 Å². The lowest BCUT2D eigenvalue weighted by Gasteiger charge is -2.53. The van der Waals surface area contributed by atoms with Gasteiger partial charge in [-0.1, -0.05) is 0 Å². The molecule has 3 rings (SSSR count). The summed E-state index contributed by atoms with van der Waals surface area (Å²) in [5, 5.41) is 2.61. The number of morpholine rings is 1. The topological polar surface area (TPSA) is 91.8 Å². The second-order valence-corrected chi connectivity index (χ2v) is 7.94. The van der Waals surface area contributed by atoms with E-state index in [2.05, 4.69) is 10.3 Å². The number of rotatable bonds is 3. The van der Waals surface area contributed by atoms with Gasteiger partial charge in [-0.3, -0.25) is 14.7 Å². The maximum absolute atomic E-state index is 12.5. The third-order valence-corrected chi connectivity index (χ3v) is 6.14. The van der Waals surface area contributed by atoms with Crippen molar-refractivity contribution in [3.05, 3.63) is 24.5 Å². The number of pyridine rings is 1. The molecular formula is C14H20N4O4S. The fourth-order valence-electron chi connectivity index (χ4n) is 3.04. The van der Waals surface area contributed by atoms with E-state index in [9.17, 15) is 13.2 Å². The van der Waals surface area contributed by atoms with E-state index in [1.54, 1.807) is 13.1 Å². The Kier molecular flexibility index (Phi) is 4.13. The van der Waals surface area contributed by atoms with Gasteiger partial charge in [0.15, 0.2) is 0 Å². The predicted molar refractivity (Wildman–Crippen MR) is 82.2 cm³/mol. The van der Waals surface area contributed by atoms with Crippen LogP contribution in [0.1, 0.15) is 0 Å². The average Bonchev–Trinajstić information content (AvgIpc) is 2.52. The zero-order chi connectivity index (χ0) is 16.7. The van der Waals surface area contributed by atoms with Crippen molar-refractivity contribution in [1.29, 1.82) is 0 Å². The number of nitrogens with zero attached hydrogens (tertiary/aromatic N) is 3. The molecule has 3 heterocycles. The second kappa shape index (κ2) is 5.82. The lowest BCUT2D eigenvalue weighted by atomic mass is 9.93. The number of aromatic nitrogens is 1. The van der Waals surface area contributed by atoms with Crippen molar-refractivity contribution in [3.8, 4) is 0 Å². The molecule has 2 fully saturated rings. The zero-order valence-corrected chi connectivity index (χ0v) is 13.9. The summed E-state index contributed by atoms with van der Waals surface area (Å²) in [5.74, 6) is -0.0958. The number of ether oxygens (including phenoxy) is 1. The molecular weight excluding hydrogens is 320 g/mol. The highest BCUT2D eigenvalue weighted by atomic mass is 32.2. The van der Waals surface area contributed by atoms with Gasteiger partial charge in [0.05, 0.1) is 6.61 Å². The number of carbonyl (C=O) groups is 1. The van der Waals surface area contributed by atoms with Crippen LogP contribution in [0, 0.1) is 0 Å². The Morgan fingerprint density at radius 2 is 2.17 bits per heavy atom. The summed E-state index contributed by atoms with van der Waals surface area (Å²) in [6.45, 7) is 1.35. The fraction of sp³-hybridized carbons (Fsp3) is 0.571. The summed E-state index contributed by atoms with van der Waals surface area (Å²) in [7, 11) is -0.0975. The molecule has 2 aliphatic rings. The largest absolute Gasteiger partial charge is 0.369 e. The van der Waals surface area contributed by atoms with E-state index in [-0.39, 0.29) is 36.5 Å². The highest BCUT2D eigenvalue weighted by molar-refractivity contribution is 7.89. The standard InChI is InChI=1S/C14H20N4O4S/c1-15-13(19)12-7-22-14(8-17(12)2)9-18(10-14)23(20,21)11-4-3-5-16-6-11/h3-6,12H,7-10H2,1-2H3,(H,15,19)/t12-/m0/s1. The minimum atomic E-state index is -3.54. The normalized spacial score (nSPS) is 25.0. The van der Waals surface area contributed by atoms with Crippen LogP contribution in [0.15, 0.2) is 29.4 Å². The van der Waals surface area contributed by atoms with Crippen molar-refractivity contribution in [2.45, 2.75) is 16.5 Å². The molecule has 1 amide bonds. The Balaban J connectivity index is 1.66. The summed E-state index contributed by atoms with van der Waals surface area (Å²) in [6, 6.07) is 2.79. The first kappa shape index (κ1) is 16.3. The third-order valence-electron chi connectivity index (χ3n) is 4.37. The van der Waals surface area contributed by atoms with Gasteiger partial charge < -0.3 is 10.1 Å².